The summed E-state index contributed by atoms with van der Waals surface area (Å²) in [6, 6.07) is 4.69. The van der Waals surface area contributed by atoms with Crippen molar-refractivity contribution in [2.24, 2.45) is 0 Å². The molecular weight excluding hydrogens is 251 g/mol. The first-order valence-corrected chi connectivity index (χ1v) is 6.75. The second-order valence-corrected chi connectivity index (χ2v) is 4.32. The molecule has 0 saturated carbocycles. The number of alkyl halides is 1. The second kappa shape index (κ2) is 8.00. The average Bonchev–Trinajstić information content (AvgIpc) is 2.39. The van der Waals surface area contributed by atoms with Crippen LogP contribution in [0.2, 0.25) is 0 Å². The summed E-state index contributed by atoms with van der Waals surface area (Å²) in [4.78, 5) is 0. The normalized spacial score (nSPS) is 10.1. The maximum absolute atomic E-state index is 13.6. The molecule has 0 N–H and O–H groups in total. The van der Waals surface area contributed by atoms with Crippen LogP contribution in [0.5, 0.6) is 5.75 Å². The summed E-state index contributed by atoms with van der Waals surface area (Å²) < 4.78 is 19.2. The Bertz CT molecular complexity index is 430. The van der Waals surface area contributed by atoms with E-state index in [0.29, 0.717) is 12.3 Å². The van der Waals surface area contributed by atoms with Crippen LogP contribution >= 0.6 is 11.6 Å². The maximum Gasteiger partial charge on any atom is 0.165 e. The van der Waals surface area contributed by atoms with Gasteiger partial charge in [-0.1, -0.05) is 25.7 Å². The zero-order valence-corrected chi connectivity index (χ0v) is 11.6. The molecule has 0 heterocycles. The van der Waals surface area contributed by atoms with Gasteiger partial charge in [-0.2, -0.15) is 0 Å². The Morgan fingerprint density at radius 1 is 1.33 bits per heavy atom. The van der Waals surface area contributed by atoms with Crippen LogP contribution in [-0.2, 0) is 0 Å². The first kappa shape index (κ1) is 14.9. The summed E-state index contributed by atoms with van der Waals surface area (Å²) in [7, 11) is 0. The molecule has 1 nitrogen and oxygen atoms in total. The molecule has 1 aromatic rings. The van der Waals surface area contributed by atoms with Crippen LogP contribution in [0.25, 0.3) is 0 Å². The van der Waals surface area contributed by atoms with E-state index in [4.69, 9.17) is 16.3 Å². The molecule has 0 atom stereocenters. The predicted molar refractivity (Wildman–Crippen MR) is 73.6 cm³/mol. The van der Waals surface area contributed by atoms with Crippen molar-refractivity contribution < 1.29 is 9.13 Å². The van der Waals surface area contributed by atoms with Crippen molar-refractivity contribution in [2.75, 3.05) is 5.88 Å². The standard InChI is InChI=1S/C15H18ClFO/c1-3-13(4-2)18-15-11-12(7-5-6-10-16)8-9-14(15)17/h8-9,11,13H,3-4,6,10H2,1-2H3. The fourth-order valence-electron chi connectivity index (χ4n) is 1.52. The molecule has 0 aliphatic carbocycles. The Hall–Kier alpha value is -1.20. The summed E-state index contributed by atoms with van der Waals surface area (Å²) in [5, 5.41) is 0. The van der Waals surface area contributed by atoms with Crippen LogP contribution in [0.3, 0.4) is 0 Å². The number of rotatable bonds is 5. The molecular formula is C15H18ClFO. The molecule has 0 radical (unpaired) electrons. The summed E-state index contributed by atoms with van der Waals surface area (Å²) >= 11 is 5.54. The van der Waals surface area contributed by atoms with Gasteiger partial charge in [0.2, 0.25) is 0 Å². The lowest BCUT2D eigenvalue weighted by atomic mass is 10.2. The molecule has 0 bridgehead atoms. The van der Waals surface area contributed by atoms with Crippen molar-refractivity contribution in [3.8, 4) is 17.6 Å². The van der Waals surface area contributed by atoms with Crippen LogP contribution in [0, 0.1) is 17.7 Å². The van der Waals surface area contributed by atoms with Crippen LogP contribution in [-0.4, -0.2) is 12.0 Å². The lowest BCUT2D eigenvalue weighted by Gasteiger charge is -2.16. The van der Waals surface area contributed by atoms with Crippen LogP contribution < -0.4 is 4.74 Å². The molecule has 0 saturated heterocycles. The van der Waals surface area contributed by atoms with Gasteiger partial charge in [0.05, 0.1) is 6.10 Å². The third-order valence-corrected chi connectivity index (χ3v) is 2.78. The highest BCUT2D eigenvalue weighted by Gasteiger charge is 2.09. The van der Waals surface area contributed by atoms with E-state index in [-0.39, 0.29) is 17.7 Å². The van der Waals surface area contributed by atoms with Gasteiger partial charge in [-0.3, -0.25) is 0 Å². The van der Waals surface area contributed by atoms with Gasteiger partial charge >= 0.3 is 0 Å². The van der Waals surface area contributed by atoms with E-state index in [2.05, 4.69) is 11.8 Å². The van der Waals surface area contributed by atoms with Crippen LogP contribution in [0.4, 0.5) is 4.39 Å². The molecule has 3 heteroatoms. The van der Waals surface area contributed by atoms with Crippen LogP contribution in [0.15, 0.2) is 18.2 Å². The summed E-state index contributed by atoms with van der Waals surface area (Å²) in [5.74, 6) is 6.30. The molecule has 0 unspecified atom stereocenters. The Balaban J connectivity index is 2.85. The molecule has 0 spiro atoms. The minimum absolute atomic E-state index is 0.0468. The van der Waals surface area contributed by atoms with Gasteiger partial charge in [0.15, 0.2) is 11.6 Å². The summed E-state index contributed by atoms with van der Waals surface area (Å²) in [6.45, 7) is 4.05. The van der Waals surface area contributed by atoms with Crippen molar-refractivity contribution in [2.45, 2.75) is 39.2 Å². The van der Waals surface area contributed by atoms with Gasteiger partial charge in [-0.15, -0.1) is 11.6 Å². The predicted octanol–water partition coefficient (Wildman–Crippen LogP) is 4.37. The Morgan fingerprint density at radius 2 is 2.06 bits per heavy atom. The van der Waals surface area contributed by atoms with E-state index in [9.17, 15) is 4.39 Å². The van der Waals surface area contributed by atoms with Crippen molar-refractivity contribution in [1.29, 1.82) is 0 Å². The highest BCUT2D eigenvalue weighted by Crippen LogP contribution is 2.21. The van der Waals surface area contributed by atoms with Gasteiger partial charge in [0, 0.05) is 17.9 Å². The van der Waals surface area contributed by atoms with E-state index >= 15 is 0 Å². The number of hydrogen-bond acceptors (Lipinski definition) is 1. The Labute approximate surface area is 113 Å². The lowest BCUT2D eigenvalue weighted by molar-refractivity contribution is 0.184. The van der Waals surface area contributed by atoms with Gasteiger partial charge in [-0.25, -0.2) is 4.39 Å². The van der Waals surface area contributed by atoms with E-state index in [1.807, 2.05) is 13.8 Å². The van der Waals surface area contributed by atoms with Gasteiger partial charge in [0.1, 0.15) is 0 Å². The summed E-state index contributed by atoms with van der Waals surface area (Å²) in [6.07, 6.45) is 2.39. The molecule has 1 rings (SSSR count). The molecule has 98 valence electrons. The lowest BCUT2D eigenvalue weighted by Crippen LogP contribution is -2.14. The monoisotopic (exact) mass is 268 g/mol. The topological polar surface area (TPSA) is 9.23 Å². The molecule has 1 aromatic carbocycles. The highest BCUT2D eigenvalue weighted by atomic mass is 35.5. The SMILES string of the molecule is CCC(CC)Oc1cc(C#CCCCl)ccc1F. The van der Waals surface area contributed by atoms with E-state index in [0.717, 1.165) is 18.4 Å². The zero-order valence-electron chi connectivity index (χ0n) is 10.8. The van der Waals surface area contributed by atoms with E-state index < -0.39 is 0 Å². The van der Waals surface area contributed by atoms with E-state index in [1.54, 1.807) is 12.1 Å². The fraction of sp³-hybridized carbons (Fsp3) is 0.467. The number of halogens is 2. The van der Waals surface area contributed by atoms with Crippen molar-refractivity contribution >= 4 is 11.6 Å². The molecule has 18 heavy (non-hydrogen) atoms. The molecule has 0 fully saturated rings. The van der Waals surface area contributed by atoms with Gasteiger partial charge in [-0.05, 0) is 31.0 Å². The van der Waals surface area contributed by atoms with Crippen molar-refractivity contribution in [1.82, 2.24) is 0 Å². The van der Waals surface area contributed by atoms with E-state index in [1.165, 1.54) is 6.07 Å². The molecule has 0 amide bonds. The number of benzene rings is 1. The number of hydrogen-bond donors (Lipinski definition) is 0. The molecule has 0 aromatic heterocycles. The maximum atomic E-state index is 13.6. The van der Waals surface area contributed by atoms with Crippen molar-refractivity contribution in [3.63, 3.8) is 0 Å². The average molecular weight is 269 g/mol. The molecule has 0 aliphatic rings. The van der Waals surface area contributed by atoms with Gasteiger partial charge < -0.3 is 4.74 Å². The first-order valence-electron chi connectivity index (χ1n) is 6.22. The third-order valence-electron chi connectivity index (χ3n) is 2.59. The number of ether oxygens (including phenoxy) is 1. The smallest absolute Gasteiger partial charge is 0.165 e. The van der Waals surface area contributed by atoms with Gasteiger partial charge in [0.25, 0.3) is 0 Å². The first-order chi connectivity index (χ1) is 8.71. The minimum Gasteiger partial charge on any atom is -0.487 e. The summed E-state index contributed by atoms with van der Waals surface area (Å²) in [5.41, 5.74) is 0.752. The van der Waals surface area contributed by atoms with Crippen molar-refractivity contribution in [3.05, 3.63) is 29.6 Å². The fourth-order valence-corrected chi connectivity index (χ4v) is 1.61. The Kier molecular flexibility index (Phi) is 6.60. The third kappa shape index (κ3) is 4.58. The molecule has 0 aliphatic heterocycles. The second-order valence-electron chi connectivity index (χ2n) is 3.94. The highest BCUT2D eigenvalue weighted by molar-refractivity contribution is 6.18. The Morgan fingerprint density at radius 3 is 2.67 bits per heavy atom. The largest absolute Gasteiger partial charge is 0.487 e. The van der Waals surface area contributed by atoms with Crippen LogP contribution in [0.1, 0.15) is 38.7 Å². The minimum atomic E-state index is -0.343. The zero-order chi connectivity index (χ0) is 13.4. The quantitative estimate of drug-likeness (QED) is 0.569.